The van der Waals surface area contributed by atoms with E-state index < -0.39 is 11.2 Å². The molecule has 1 heterocycles. The summed E-state index contributed by atoms with van der Waals surface area (Å²) in [5.74, 6) is -0.143. The monoisotopic (exact) mass is 819 g/mol. The number of pyridine rings is 1. The van der Waals surface area contributed by atoms with E-state index in [1.54, 1.807) is 12.3 Å². The summed E-state index contributed by atoms with van der Waals surface area (Å²) in [7, 11) is 0. The molecule has 0 bridgehead atoms. The van der Waals surface area contributed by atoms with Crippen molar-refractivity contribution in [3.05, 3.63) is 259 Å². The van der Waals surface area contributed by atoms with Crippen LogP contribution < -0.4 is 9.80 Å². The molecular formula is C60H38FN3. The Morgan fingerprint density at radius 2 is 0.797 bits per heavy atom. The van der Waals surface area contributed by atoms with Gasteiger partial charge in [0, 0.05) is 33.9 Å². The quantitative estimate of drug-likeness (QED) is 0.156. The van der Waals surface area contributed by atoms with E-state index in [4.69, 9.17) is 0 Å². The fourth-order valence-corrected chi connectivity index (χ4v) is 11.1. The molecule has 64 heavy (non-hydrogen) atoms. The number of hydrogen-bond acceptors (Lipinski definition) is 3. The highest BCUT2D eigenvalue weighted by atomic mass is 19.1. The largest absolute Gasteiger partial charge is 0.309 e. The molecule has 300 valence electrons. The van der Waals surface area contributed by atoms with Gasteiger partial charge in [0.1, 0.15) is 0 Å². The lowest BCUT2D eigenvalue weighted by Crippen LogP contribution is -2.26. The Kier molecular flexibility index (Phi) is 8.00. The first-order chi connectivity index (χ1) is 31.7. The fraction of sp³-hybridized carbons (Fsp3) is 0.0167. The number of anilines is 6. The van der Waals surface area contributed by atoms with Gasteiger partial charge in [-0.3, -0.25) is 4.90 Å². The lowest BCUT2D eigenvalue weighted by Gasteiger charge is -2.32. The lowest BCUT2D eigenvalue weighted by atomic mass is 9.70. The number of halogens is 1. The molecule has 0 aliphatic heterocycles. The minimum atomic E-state index is -0.479. The number of nitrogens with zero attached hydrogens (tertiary/aromatic N) is 3. The highest BCUT2D eigenvalue weighted by Crippen LogP contribution is 2.65. The Balaban J connectivity index is 1.12. The molecule has 2 aliphatic rings. The van der Waals surface area contributed by atoms with Crippen molar-refractivity contribution < 1.29 is 4.39 Å². The summed E-state index contributed by atoms with van der Waals surface area (Å²) < 4.78 is 16.0. The van der Waals surface area contributed by atoms with E-state index in [0.717, 1.165) is 60.8 Å². The predicted octanol–water partition coefficient (Wildman–Crippen LogP) is 16.0. The maximum atomic E-state index is 16.0. The van der Waals surface area contributed by atoms with Crippen LogP contribution >= 0.6 is 0 Å². The summed E-state index contributed by atoms with van der Waals surface area (Å²) in [5, 5.41) is 6.43. The Morgan fingerprint density at radius 1 is 0.344 bits per heavy atom. The van der Waals surface area contributed by atoms with Crippen molar-refractivity contribution in [3.63, 3.8) is 0 Å². The predicted molar refractivity (Wildman–Crippen MR) is 262 cm³/mol. The molecule has 13 rings (SSSR count). The van der Waals surface area contributed by atoms with Gasteiger partial charge in [0.2, 0.25) is 0 Å². The molecule has 11 aromatic rings. The maximum Gasteiger partial charge on any atom is 0.174 e. The highest BCUT2D eigenvalue weighted by Gasteiger charge is 2.52. The van der Waals surface area contributed by atoms with Crippen molar-refractivity contribution in [2.75, 3.05) is 9.80 Å². The molecule has 2 aliphatic carbocycles. The summed E-state index contributed by atoms with van der Waals surface area (Å²) in [6.07, 6.45) is 1.65. The van der Waals surface area contributed by atoms with Crippen LogP contribution in [0.2, 0.25) is 0 Å². The van der Waals surface area contributed by atoms with Crippen molar-refractivity contribution in [1.82, 2.24) is 4.98 Å². The molecular weight excluding hydrogens is 782 g/mol. The first-order valence-electron chi connectivity index (χ1n) is 21.8. The molecule has 0 amide bonds. The standard InChI is InChI=1S/C60H38FN3/c61-54-34-18-36-62-59(54)64(40-21-5-2-6-22-40)57-38-49-41-23-7-9-27-45(41)56(37-48(49)42-24-8-10-28-46(42)57)63(39-19-3-1-4-20-39)55-35-17-33-53-58(55)47-29-13-16-32-52(47)60(53)50-30-14-11-25-43(50)44-26-12-15-31-51(44)60/h1-38H. The zero-order valence-corrected chi connectivity index (χ0v) is 34.7. The number of rotatable bonds is 6. The van der Waals surface area contributed by atoms with Gasteiger partial charge in [0.25, 0.3) is 0 Å². The Hall–Kier alpha value is -8.34. The van der Waals surface area contributed by atoms with Crippen molar-refractivity contribution >= 4 is 66.6 Å². The average Bonchev–Trinajstić information content (AvgIpc) is 3.83. The van der Waals surface area contributed by atoms with Crippen LogP contribution in [0.3, 0.4) is 0 Å². The third-order valence-electron chi connectivity index (χ3n) is 13.5. The van der Waals surface area contributed by atoms with E-state index in [1.807, 2.05) is 35.2 Å². The summed E-state index contributed by atoms with van der Waals surface area (Å²) in [6.45, 7) is 0. The van der Waals surface area contributed by atoms with E-state index in [1.165, 1.54) is 50.6 Å². The van der Waals surface area contributed by atoms with Crippen LogP contribution in [0.15, 0.2) is 231 Å². The van der Waals surface area contributed by atoms with Crippen molar-refractivity contribution in [3.8, 4) is 22.3 Å². The first kappa shape index (κ1) is 36.3. The normalized spacial score (nSPS) is 12.9. The van der Waals surface area contributed by atoms with Gasteiger partial charge in [0.05, 0.1) is 22.5 Å². The molecule has 0 saturated carbocycles. The Bertz CT molecular complexity index is 3610. The van der Waals surface area contributed by atoms with Gasteiger partial charge < -0.3 is 4.90 Å². The molecule has 10 aromatic carbocycles. The number of benzene rings is 10. The van der Waals surface area contributed by atoms with Crippen LogP contribution in [0.1, 0.15) is 22.3 Å². The van der Waals surface area contributed by atoms with Gasteiger partial charge in [-0.1, -0.05) is 170 Å². The van der Waals surface area contributed by atoms with Gasteiger partial charge >= 0.3 is 0 Å². The van der Waals surface area contributed by atoms with Crippen molar-refractivity contribution in [2.45, 2.75) is 5.41 Å². The first-order valence-corrected chi connectivity index (χ1v) is 21.8. The van der Waals surface area contributed by atoms with E-state index in [9.17, 15) is 0 Å². The third-order valence-corrected chi connectivity index (χ3v) is 13.5. The molecule has 1 aromatic heterocycles. The molecule has 0 fully saturated rings. The number of para-hydroxylation sites is 2. The van der Waals surface area contributed by atoms with Crippen LogP contribution in [0.25, 0.3) is 54.6 Å². The van der Waals surface area contributed by atoms with Gasteiger partial charge in [0.15, 0.2) is 11.6 Å². The van der Waals surface area contributed by atoms with E-state index in [0.29, 0.717) is 0 Å². The average molecular weight is 820 g/mol. The molecule has 0 saturated heterocycles. The molecule has 0 unspecified atom stereocenters. The highest BCUT2D eigenvalue weighted by molar-refractivity contribution is 6.25. The van der Waals surface area contributed by atoms with Gasteiger partial charge in [-0.2, -0.15) is 0 Å². The summed E-state index contributed by atoms with van der Waals surface area (Å²) >= 11 is 0. The van der Waals surface area contributed by atoms with Gasteiger partial charge in [-0.15, -0.1) is 0 Å². The van der Waals surface area contributed by atoms with Gasteiger partial charge in [-0.25, -0.2) is 9.37 Å². The summed E-state index contributed by atoms with van der Waals surface area (Å²) in [6, 6.07) is 79.6. The SMILES string of the molecule is Fc1cccnc1N(c1ccccc1)c1cc2c3ccccc3c(N(c3ccccc3)c3cccc4c3-c3ccccc3C43c4ccccc4-c4ccccc43)cc2c2ccccc12. The maximum absolute atomic E-state index is 16.0. The van der Waals surface area contributed by atoms with Crippen LogP contribution in [0, 0.1) is 5.82 Å². The van der Waals surface area contributed by atoms with E-state index in [-0.39, 0.29) is 5.82 Å². The van der Waals surface area contributed by atoms with E-state index in [2.05, 4.69) is 192 Å². The molecule has 3 nitrogen and oxygen atoms in total. The molecule has 0 radical (unpaired) electrons. The van der Waals surface area contributed by atoms with Crippen LogP contribution in [0.5, 0.6) is 0 Å². The summed E-state index contributed by atoms with van der Waals surface area (Å²) in [4.78, 5) is 9.06. The lowest BCUT2D eigenvalue weighted by molar-refractivity contribution is 0.623. The van der Waals surface area contributed by atoms with Crippen LogP contribution in [0.4, 0.5) is 38.6 Å². The zero-order valence-electron chi connectivity index (χ0n) is 34.7. The second-order valence-electron chi connectivity index (χ2n) is 16.7. The van der Waals surface area contributed by atoms with Gasteiger partial charge in [-0.05, 0) is 115 Å². The van der Waals surface area contributed by atoms with Crippen molar-refractivity contribution in [2.24, 2.45) is 0 Å². The van der Waals surface area contributed by atoms with E-state index >= 15 is 4.39 Å². The minimum absolute atomic E-state index is 0.248. The van der Waals surface area contributed by atoms with Crippen molar-refractivity contribution in [1.29, 1.82) is 0 Å². The Labute approximate surface area is 370 Å². The topological polar surface area (TPSA) is 19.4 Å². The third kappa shape index (κ3) is 5.05. The molecule has 0 atom stereocenters. The number of aromatic nitrogens is 1. The molecule has 1 spiro atoms. The van der Waals surface area contributed by atoms with Crippen LogP contribution in [-0.2, 0) is 5.41 Å². The minimum Gasteiger partial charge on any atom is -0.309 e. The number of fused-ring (bicyclic) bond motifs is 15. The molecule has 4 heteroatoms. The second kappa shape index (κ2) is 14.1. The zero-order chi connectivity index (χ0) is 42.4. The number of hydrogen-bond donors (Lipinski definition) is 0. The molecule has 0 N–H and O–H groups in total. The summed E-state index contributed by atoms with van der Waals surface area (Å²) in [5.41, 5.74) is 14.7. The van der Waals surface area contributed by atoms with Crippen LogP contribution in [-0.4, -0.2) is 4.98 Å². The fourth-order valence-electron chi connectivity index (χ4n) is 11.1. The second-order valence-corrected chi connectivity index (χ2v) is 16.7. The smallest absolute Gasteiger partial charge is 0.174 e. The Morgan fingerprint density at radius 3 is 1.38 bits per heavy atom.